The molecule has 208 valence electrons. The smallest absolute Gasteiger partial charge is 0.294 e. The Balaban J connectivity index is 1.85. The highest BCUT2D eigenvalue weighted by Gasteiger charge is 2.22. The molecule has 0 aromatic heterocycles. The van der Waals surface area contributed by atoms with E-state index in [4.69, 9.17) is 0 Å². The molecule has 0 spiro atoms. The van der Waals surface area contributed by atoms with E-state index in [1.807, 2.05) is 0 Å². The average Bonchev–Trinajstić information content (AvgIpc) is 2.87. The quantitative estimate of drug-likeness (QED) is 0.111. The van der Waals surface area contributed by atoms with Crippen LogP contribution in [0.3, 0.4) is 0 Å². The lowest BCUT2D eigenvalue weighted by Crippen LogP contribution is -2.14. The maximum atomic E-state index is 13.1. The number of phenols is 1. The maximum Gasteiger partial charge on any atom is 0.294 e. The predicted molar refractivity (Wildman–Crippen MR) is 143 cm³/mol. The molecule has 0 atom stereocenters. The highest BCUT2D eigenvalue weighted by atomic mass is 32.2. The number of benzene rings is 4. The van der Waals surface area contributed by atoms with Gasteiger partial charge in [0.2, 0.25) is 0 Å². The summed E-state index contributed by atoms with van der Waals surface area (Å²) < 4.78 is 85.2. The van der Waals surface area contributed by atoms with E-state index in [-0.39, 0.29) is 33.6 Å². The zero-order valence-electron chi connectivity index (χ0n) is 20.2. The van der Waals surface area contributed by atoms with Gasteiger partial charge in [-0.05, 0) is 42.5 Å². The SMILES string of the molecule is CS(=O)(=O)c1cc([N+](=O)[O-])ccc1/N=N/c1ccc(O)c2cccc(NS(=O)(=O)c3cccc(S(=O)(=O)O)c3)c12. The lowest BCUT2D eigenvalue weighted by atomic mass is 10.1. The Morgan fingerprint density at radius 2 is 1.45 bits per heavy atom. The van der Waals surface area contributed by atoms with E-state index < -0.39 is 55.3 Å². The van der Waals surface area contributed by atoms with Crippen molar-refractivity contribution in [3.8, 4) is 5.75 Å². The number of nitrogens with one attached hydrogen (secondary N) is 1. The number of azo groups is 1. The Hall–Kier alpha value is -4.45. The summed E-state index contributed by atoms with van der Waals surface area (Å²) in [6.45, 7) is 0. The number of hydrogen-bond donors (Lipinski definition) is 3. The van der Waals surface area contributed by atoms with Gasteiger partial charge in [0.15, 0.2) is 9.84 Å². The second-order valence-corrected chi connectivity index (χ2v) is 13.4. The summed E-state index contributed by atoms with van der Waals surface area (Å²) in [6, 6.07) is 13.7. The predicted octanol–water partition coefficient (Wildman–Crippen LogP) is 4.32. The molecule has 0 heterocycles. The van der Waals surface area contributed by atoms with Crippen molar-refractivity contribution in [1.29, 1.82) is 0 Å². The molecule has 0 amide bonds. The second-order valence-electron chi connectivity index (χ2n) is 8.27. The zero-order valence-corrected chi connectivity index (χ0v) is 22.6. The van der Waals surface area contributed by atoms with Gasteiger partial charge < -0.3 is 5.11 Å². The number of sulfonamides is 1. The molecule has 0 radical (unpaired) electrons. The van der Waals surface area contributed by atoms with Crippen LogP contribution in [0.4, 0.5) is 22.7 Å². The number of fused-ring (bicyclic) bond motifs is 1. The van der Waals surface area contributed by atoms with Gasteiger partial charge in [0, 0.05) is 29.2 Å². The number of nitrogens with zero attached hydrogens (tertiary/aromatic N) is 3. The number of hydrogen-bond acceptors (Lipinski definition) is 11. The van der Waals surface area contributed by atoms with E-state index in [2.05, 4.69) is 15.0 Å². The summed E-state index contributed by atoms with van der Waals surface area (Å²) in [7, 11) is -13.1. The topological polar surface area (TPSA) is 223 Å². The molecule has 3 N–H and O–H groups in total. The van der Waals surface area contributed by atoms with Gasteiger partial charge in [-0.2, -0.15) is 8.42 Å². The van der Waals surface area contributed by atoms with Gasteiger partial charge in [0.25, 0.3) is 25.8 Å². The summed E-state index contributed by atoms with van der Waals surface area (Å²) in [5.74, 6) is -0.254. The number of aromatic hydroxyl groups is 1. The van der Waals surface area contributed by atoms with E-state index in [1.165, 1.54) is 30.3 Å². The van der Waals surface area contributed by atoms with Gasteiger partial charge >= 0.3 is 0 Å². The van der Waals surface area contributed by atoms with E-state index in [0.29, 0.717) is 0 Å². The Bertz CT molecular complexity index is 2040. The van der Waals surface area contributed by atoms with Crippen LogP contribution in [0.2, 0.25) is 0 Å². The number of non-ortho nitro benzene ring substituents is 1. The van der Waals surface area contributed by atoms with Crippen molar-refractivity contribution in [3.63, 3.8) is 0 Å². The Morgan fingerprint density at radius 3 is 2.10 bits per heavy atom. The molecule has 40 heavy (non-hydrogen) atoms. The largest absolute Gasteiger partial charge is 0.507 e. The van der Waals surface area contributed by atoms with Gasteiger partial charge in [-0.15, -0.1) is 10.2 Å². The first-order chi connectivity index (χ1) is 18.6. The molecule has 0 saturated carbocycles. The van der Waals surface area contributed by atoms with Crippen LogP contribution < -0.4 is 4.72 Å². The molecule has 4 rings (SSSR count). The second kappa shape index (κ2) is 10.3. The summed E-state index contributed by atoms with van der Waals surface area (Å²) in [5.41, 5.74) is -0.833. The van der Waals surface area contributed by atoms with Crippen LogP contribution in [-0.2, 0) is 30.0 Å². The number of nitro benzene ring substituents is 1. The molecule has 0 aliphatic heterocycles. The van der Waals surface area contributed by atoms with Gasteiger partial charge in [0.05, 0.1) is 26.1 Å². The summed E-state index contributed by atoms with van der Waals surface area (Å²) in [4.78, 5) is 8.73. The van der Waals surface area contributed by atoms with Crippen LogP contribution >= 0.6 is 0 Å². The summed E-state index contributed by atoms with van der Waals surface area (Å²) in [6.07, 6.45) is 0.838. The van der Waals surface area contributed by atoms with Crippen LogP contribution in [0.25, 0.3) is 10.8 Å². The molecule has 0 saturated heterocycles. The van der Waals surface area contributed by atoms with Crippen molar-refractivity contribution in [3.05, 3.63) is 82.9 Å². The monoisotopic (exact) mass is 606 g/mol. The fraction of sp³-hybridized carbons (Fsp3) is 0.0435. The third kappa shape index (κ3) is 5.91. The molecule has 4 aromatic carbocycles. The lowest BCUT2D eigenvalue weighted by molar-refractivity contribution is -0.385. The van der Waals surface area contributed by atoms with Gasteiger partial charge in [-0.1, -0.05) is 18.2 Å². The standard InChI is InChI=1S/C23H18N4O10S3/c1-38(31,32)22-12-14(27(29)30)8-9-18(22)24-25-19-10-11-21(28)17-6-3-7-20(23(17)19)26-39(33,34)15-4-2-5-16(13-15)40(35,36)37/h2-13,26,28H,1H3,(H,35,36,37)/b25-24+. The first-order valence-electron chi connectivity index (χ1n) is 10.8. The van der Waals surface area contributed by atoms with Crippen molar-refractivity contribution in [2.24, 2.45) is 10.2 Å². The molecule has 0 aliphatic rings. The molecule has 4 aromatic rings. The van der Waals surface area contributed by atoms with Crippen molar-refractivity contribution in [2.45, 2.75) is 14.7 Å². The molecule has 0 unspecified atom stereocenters. The number of phenolic OH excluding ortho intramolecular Hbond substituents is 1. The van der Waals surface area contributed by atoms with Crippen LogP contribution in [0.15, 0.2) is 97.7 Å². The molecular weight excluding hydrogens is 588 g/mol. The van der Waals surface area contributed by atoms with Crippen molar-refractivity contribution < 1.29 is 39.8 Å². The van der Waals surface area contributed by atoms with Crippen LogP contribution in [-0.4, -0.2) is 46.1 Å². The molecule has 0 fully saturated rings. The number of sulfone groups is 1. The average molecular weight is 607 g/mol. The van der Waals surface area contributed by atoms with E-state index >= 15 is 0 Å². The molecular formula is C23H18N4O10S3. The Kier molecular flexibility index (Phi) is 7.33. The fourth-order valence-electron chi connectivity index (χ4n) is 3.65. The molecule has 17 heteroatoms. The van der Waals surface area contributed by atoms with Crippen molar-refractivity contribution >= 4 is 63.5 Å². The highest BCUT2D eigenvalue weighted by Crippen LogP contribution is 2.40. The van der Waals surface area contributed by atoms with Crippen molar-refractivity contribution in [2.75, 3.05) is 11.0 Å². The number of rotatable bonds is 8. The normalized spacial score (nSPS) is 12.6. The summed E-state index contributed by atoms with van der Waals surface area (Å²) >= 11 is 0. The van der Waals surface area contributed by atoms with Crippen LogP contribution in [0.5, 0.6) is 5.75 Å². The lowest BCUT2D eigenvalue weighted by Gasteiger charge is -2.13. The first kappa shape index (κ1) is 28.6. The minimum absolute atomic E-state index is 0.0180. The van der Waals surface area contributed by atoms with Crippen LogP contribution in [0, 0.1) is 10.1 Å². The fourth-order valence-corrected chi connectivity index (χ4v) is 6.19. The highest BCUT2D eigenvalue weighted by molar-refractivity contribution is 7.92. The van der Waals surface area contributed by atoms with Gasteiger partial charge in [-0.25, -0.2) is 16.8 Å². The Labute approximate surface area is 227 Å². The van der Waals surface area contributed by atoms with E-state index in [0.717, 1.165) is 48.7 Å². The number of nitro groups is 1. The molecule has 0 aliphatic carbocycles. The van der Waals surface area contributed by atoms with Gasteiger partial charge in [0.1, 0.15) is 16.3 Å². The maximum absolute atomic E-state index is 13.1. The first-order valence-corrected chi connectivity index (χ1v) is 15.6. The Morgan fingerprint density at radius 1 is 0.825 bits per heavy atom. The van der Waals surface area contributed by atoms with E-state index in [1.54, 1.807) is 0 Å². The summed E-state index contributed by atoms with van der Waals surface area (Å²) in [5, 5.41) is 29.6. The third-order valence-corrected chi connectivity index (χ3v) is 8.81. The van der Waals surface area contributed by atoms with Crippen LogP contribution in [0.1, 0.15) is 0 Å². The van der Waals surface area contributed by atoms with Gasteiger partial charge in [-0.3, -0.25) is 19.4 Å². The minimum atomic E-state index is -4.69. The minimum Gasteiger partial charge on any atom is -0.507 e. The van der Waals surface area contributed by atoms with Crippen molar-refractivity contribution in [1.82, 2.24) is 0 Å². The number of anilines is 1. The zero-order chi connectivity index (χ0) is 29.5. The van der Waals surface area contributed by atoms with E-state index in [9.17, 15) is 45.0 Å². The molecule has 14 nitrogen and oxygen atoms in total. The molecule has 0 bridgehead atoms. The third-order valence-electron chi connectivity index (χ3n) is 5.47.